The summed E-state index contributed by atoms with van der Waals surface area (Å²) in [5.41, 5.74) is 2.26. The van der Waals surface area contributed by atoms with E-state index in [-0.39, 0.29) is 5.91 Å². The van der Waals surface area contributed by atoms with Gasteiger partial charge in [0.2, 0.25) is 5.91 Å². The van der Waals surface area contributed by atoms with Gasteiger partial charge in [0.05, 0.1) is 11.0 Å². The zero-order valence-corrected chi connectivity index (χ0v) is 21.3. The van der Waals surface area contributed by atoms with Crippen LogP contribution in [0.25, 0.3) is 11.0 Å². The summed E-state index contributed by atoms with van der Waals surface area (Å²) in [6.45, 7) is 5.77. The Bertz CT molecular complexity index is 808. The number of hydrogen-bond donors (Lipinski definition) is 1. The van der Waals surface area contributed by atoms with E-state index >= 15 is 0 Å². The van der Waals surface area contributed by atoms with Crippen LogP contribution in [0.4, 0.5) is 0 Å². The predicted molar refractivity (Wildman–Crippen MR) is 142 cm³/mol. The molecule has 0 unspecified atom stereocenters. The molecule has 4 nitrogen and oxygen atoms in total. The number of rotatable bonds is 19. The molecule has 0 fully saturated rings. The molecule has 0 saturated heterocycles. The van der Waals surface area contributed by atoms with Gasteiger partial charge in [-0.1, -0.05) is 109 Å². The van der Waals surface area contributed by atoms with E-state index in [1.165, 1.54) is 95.4 Å². The Morgan fingerprint density at radius 1 is 0.879 bits per heavy atom. The Labute approximate surface area is 202 Å². The number of carbonyl (C=O) groups is 1. The number of aromatic nitrogens is 2. The third-order valence-electron chi connectivity index (χ3n) is 6.43. The molecular formula is C29H47N3O. The minimum absolute atomic E-state index is 0.0351. The predicted octanol–water partition coefficient (Wildman–Crippen LogP) is 7.75. The van der Waals surface area contributed by atoms with Crippen molar-refractivity contribution < 1.29 is 4.79 Å². The van der Waals surface area contributed by atoms with E-state index in [2.05, 4.69) is 35.0 Å². The number of para-hydroxylation sites is 2. The van der Waals surface area contributed by atoms with E-state index in [0.29, 0.717) is 6.54 Å². The molecule has 1 aromatic heterocycles. The van der Waals surface area contributed by atoms with Gasteiger partial charge in [0.15, 0.2) is 0 Å². The second-order valence-electron chi connectivity index (χ2n) is 9.31. The van der Waals surface area contributed by atoms with Gasteiger partial charge >= 0.3 is 0 Å². The maximum absolute atomic E-state index is 11.7. The number of fused-ring (bicyclic) bond motifs is 1. The number of benzene rings is 1. The summed E-state index contributed by atoms with van der Waals surface area (Å²) in [7, 11) is 0. The van der Waals surface area contributed by atoms with Crippen LogP contribution < -0.4 is 5.32 Å². The highest BCUT2D eigenvalue weighted by molar-refractivity contribution is 5.87. The minimum atomic E-state index is -0.0351. The summed E-state index contributed by atoms with van der Waals surface area (Å²) in [5.74, 6) is 1.04. The molecule has 2 rings (SSSR count). The highest BCUT2D eigenvalue weighted by Crippen LogP contribution is 2.18. The topological polar surface area (TPSA) is 46.9 Å². The van der Waals surface area contributed by atoms with Crippen LogP contribution in [-0.2, 0) is 17.8 Å². The van der Waals surface area contributed by atoms with E-state index in [1.807, 2.05) is 13.0 Å². The molecule has 0 saturated carbocycles. The van der Waals surface area contributed by atoms with E-state index in [4.69, 9.17) is 4.98 Å². The van der Waals surface area contributed by atoms with Crippen molar-refractivity contribution in [1.29, 1.82) is 0 Å². The fourth-order valence-electron chi connectivity index (χ4n) is 4.54. The second-order valence-corrected chi connectivity index (χ2v) is 9.31. The third kappa shape index (κ3) is 11.0. The van der Waals surface area contributed by atoms with E-state index < -0.39 is 0 Å². The third-order valence-corrected chi connectivity index (χ3v) is 6.43. The summed E-state index contributed by atoms with van der Waals surface area (Å²) in [5, 5.41) is 2.94. The fraction of sp³-hybridized carbons (Fsp3) is 0.655. The summed E-state index contributed by atoms with van der Waals surface area (Å²) >= 11 is 0. The molecule has 0 bridgehead atoms. The van der Waals surface area contributed by atoms with Crippen molar-refractivity contribution in [2.24, 2.45) is 0 Å². The Morgan fingerprint density at radius 2 is 1.45 bits per heavy atom. The lowest BCUT2D eigenvalue weighted by molar-refractivity contribution is -0.116. The smallest absolute Gasteiger partial charge is 0.243 e. The van der Waals surface area contributed by atoms with Crippen molar-refractivity contribution in [1.82, 2.24) is 14.9 Å². The molecule has 0 radical (unpaired) electrons. The lowest BCUT2D eigenvalue weighted by Gasteiger charge is -2.10. The molecule has 184 valence electrons. The van der Waals surface area contributed by atoms with Crippen molar-refractivity contribution in [2.75, 3.05) is 6.54 Å². The van der Waals surface area contributed by atoms with Gasteiger partial charge in [-0.3, -0.25) is 4.79 Å². The number of aryl methyl sites for hydroxylation is 1. The maximum atomic E-state index is 11.7. The first kappa shape index (κ1) is 27.1. The monoisotopic (exact) mass is 453 g/mol. The van der Waals surface area contributed by atoms with Gasteiger partial charge < -0.3 is 9.88 Å². The number of amides is 1. The number of nitrogens with one attached hydrogen (secondary N) is 1. The first-order valence-electron chi connectivity index (χ1n) is 13.6. The van der Waals surface area contributed by atoms with E-state index in [9.17, 15) is 4.79 Å². The Hall–Kier alpha value is -2.10. The van der Waals surface area contributed by atoms with Gasteiger partial charge in [-0.05, 0) is 31.6 Å². The fourth-order valence-corrected chi connectivity index (χ4v) is 4.54. The second kappa shape index (κ2) is 17.4. The lowest BCUT2D eigenvalue weighted by atomic mass is 10.0. The quantitative estimate of drug-likeness (QED) is 0.174. The molecule has 0 aliphatic carbocycles. The highest BCUT2D eigenvalue weighted by Gasteiger charge is 2.10. The van der Waals surface area contributed by atoms with Crippen LogP contribution in [0, 0.1) is 0 Å². The summed E-state index contributed by atoms with van der Waals surface area (Å²) in [6, 6.07) is 8.38. The highest BCUT2D eigenvalue weighted by atomic mass is 16.1. The average Bonchev–Trinajstić information content (AvgIpc) is 3.17. The van der Waals surface area contributed by atoms with Crippen molar-refractivity contribution in [3.05, 3.63) is 42.2 Å². The molecular weight excluding hydrogens is 406 g/mol. The zero-order chi connectivity index (χ0) is 23.6. The van der Waals surface area contributed by atoms with Crippen molar-refractivity contribution >= 4 is 16.9 Å². The lowest BCUT2D eigenvalue weighted by Crippen LogP contribution is -2.24. The molecule has 4 heteroatoms. The Balaban J connectivity index is 1.61. The van der Waals surface area contributed by atoms with Crippen LogP contribution in [0.15, 0.2) is 36.4 Å². The summed E-state index contributed by atoms with van der Waals surface area (Å²) < 4.78 is 2.36. The van der Waals surface area contributed by atoms with Gasteiger partial charge in [0, 0.05) is 19.5 Å². The van der Waals surface area contributed by atoms with Crippen LogP contribution in [0.5, 0.6) is 0 Å². The summed E-state index contributed by atoms with van der Waals surface area (Å²) in [4.78, 5) is 16.5. The molecule has 2 aromatic rings. The minimum Gasteiger partial charge on any atom is -0.352 e. The number of hydrogen-bond acceptors (Lipinski definition) is 2. The largest absolute Gasteiger partial charge is 0.352 e. The number of unbranched alkanes of at least 4 members (excludes halogenated alkanes) is 13. The first-order chi connectivity index (χ1) is 16.3. The Morgan fingerprint density at radius 3 is 2.06 bits per heavy atom. The molecule has 0 aliphatic heterocycles. The van der Waals surface area contributed by atoms with Gasteiger partial charge in [0.1, 0.15) is 5.82 Å². The molecule has 1 aromatic carbocycles. The number of imidazole rings is 1. The zero-order valence-electron chi connectivity index (χ0n) is 21.3. The van der Waals surface area contributed by atoms with Gasteiger partial charge in [-0.25, -0.2) is 4.98 Å². The average molecular weight is 454 g/mol. The van der Waals surface area contributed by atoms with E-state index in [0.717, 1.165) is 24.3 Å². The van der Waals surface area contributed by atoms with Crippen LogP contribution >= 0.6 is 0 Å². The molecule has 1 amide bonds. The molecule has 1 heterocycles. The molecule has 33 heavy (non-hydrogen) atoms. The van der Waals surface area contributed by atoms with Gasteiger partial charge in [0.25, 0.3) is 0 Å². The van der Waals surface area contributed by atoms with E-state index in [1.54, 1.807) is 12.2 Å². The van der Waals surface area contributed by atoms with Crippen molar-refractivity contribution in [3.8, 4) is 0 Å². The molecule has 0 atom stereocenters. The maximum Gasteiger partial charge on any atom is 0.243 e. The number of nitrogens with zero attached hydrogens (tertiary/aromatic N) is 2. The SMILES string of the molecule is C/C=C/C(=O)NCCc1nc2ccccc2n1CCCCCCCCCCCCCCCC. The molecule has 0 spiro atoms. The standard InChI is InChI=1S/C29H47N3O/c1-3-5-6-7-8-9-10-11-12-13-14-15-16-19-25-32-27-22-18-17-21-26(27)31-28(32)23-24-30-29(33)20-4-2/h4,17-18,20-22H,3,5-16,19,23-25H2,1-2H3,(H,30,33)/b20-4+. The summed E-state index contributed by atoms with van der Waals surface area (Å²) in [6.07, 6.45) is 23.4. The van der Waals surface area contributed by atoms with Crippen molar-refractivity contribution in [2.45, 2.75) is 117 Å². The normalized spacial score (nSPS) is 11.6. The van der Waals surface area contributed by atoms with Crippen molar-refractivity contribution in [3.63, 3.8) is 0 Å². The Kier molecular flexibility index (Phi) is 14.3. The van der Waals surface area contributed by atoms with Gasteiger partial charge in [-0.15, -0.1) is 0 Å². The molecule has 0 aliphatic rings. The van der Waals surface area contributed by atoms with Crippen LogP contribution in [-0.4, -0.2) is 22.0 Å². The number of carbonyl (C=O) groups excluding carboxylic acids is 1. The first-order valence-corrected chi connectivity index (χ1v) is 13.6. The van der Waals surface area contributed by atoms with Crippen LogP contribution in [0.1, 0.15) is 110 Å². The van der Waals surface area contributed by atoms with Crippen LogP contribution in [0.3, 0.4) is 0 Å². The van der Waals surface area contributed by atoms with Crippen LogP contribution in [0.2, 0.25) is 0 Å². The van der Waals surface area contributed by atoms with Gasteiger partial charge in [-0.2, -0.15) is 0 Å². The molecule has 1 N–H and O–H groups in total. The number of allylic oxidation sites excluding steroid dienone is 1.